The van der Waals surface area contributed by atoms with Crippen molar-refractivity contribution in [2.75, 3.05) is 19.8 Å². The summed E-state index contributed by atoms with van der Waals surface area (Å²) < 4.78 is 27.3. The van der Waals surface area contributed by atoms with E-state index in [4.69, 9.17) is 4.74 Å². The molecule has 0 aliphatic carbocycles. The van der Waals surface area contributed by atoms with Gasteiger partial charge in [0.25, 0.3) is 0 Å². The largest absolute Gasteiger partial charge is 0.760 e. The first-order valence-electron chi connectivity index (χ1n) is 3.68. The molecule has 0 saturated heterocycles. The van der Waals surface area contributed by atoms with Crippen LogP contribution in [0.5, 0.6) is 0 Å². The van der Waals surface area contributed by atoms with Crippen molar-refractivity contribution in [3.05, 3.63) is 0 Å². The van der Waals surface area contributed by atoms with Crippen LogP contribution in [0.3, 0.4) is 0 Å². The van der Waals surface area contributed by atoms with E-state index in [1.165, 1.54) is 0 Å². The molecule has 0 radical (unpaired) electrons. The average Bonchev–Trinajstić information content (AvgIpc) is 1.96. The van der Waals surface area contributed by atoms with Crippen molar-refractivity contribution >= 4 is 11.3 Å². The molecule has 0 saturated carbocycles. The van der Waals surface area contributed by atoms with E-state index in [1.54, 1.807) is 0 Å². The van der Waals surface area contributed by atoms with Crippen LogP contribution in [0.15, 0.2) is 0 Å². The molecule has 1 atom stereocenters. The molecule has 11 heavy (non-hydrogen) atoms. The maximum Gasteiger partial charge on any atom is 0.0478 e. The summed E-state index contributed by atoms with van der Waals surface area (Å²) >= 11 is -2.13. The molecule has 68 valence electrons. The molecule has 0 heterocycles. The van der Waals surface area contributed by atoms with Crippen LogP contribution in [-0.2, 0) is 16.0 Å². The summed E-state index contributed by atoms with van der Waals surface area (Å²) in [6.07, 6.45) is 1.73. The SMILES string of the molecule is CCCOCCCNS(=O)[O-]. The summed E-state index contributed by atoms with van der Waals surface area (Å²) in [6.45, 7) is 3.86. The fourth-order valence-corrected chi connectivity index (χ4v) is 0.887. The molecule has 5 heteroatoms. The third-order valence-electron chi connectivity index (χ3n) is 1.03. The highest BCUT2D eigenvalue weighted by molar-refractivity contribution is 7.77. The average molecular weight is 180 g/mol. The van der Waals surface area contributed by atoms with Crippen LogP contribution < -0.4 is 4.72 Å². The van der Waals surface area contributed by atoms with Gasteiger partial charge in [-0.2, -0.15) is 0 Å². The highest BCUT2D eigenvalue weighted by atomic mass is 32.2. The van der Waals surface area contributed by atoms with Gasteiger partial charge in [0.05, 0.1) is 0 Å². The molecule has 0 aliphatic heterocycles. The lowest BCUT2D eigenvalue weighted by atomic mass is 10.4. The highest BCUT2D eigenvalue weighted by Crippen LogP contribution is 1.83. The fraction of sp³-hybridized carbons (Fsp3) is 1.00. The van der Waals surface area contributed by atoms with E-state index in [-0.39, 0.29) is 0 Å². The van der Waals surface area contributed by atoms with Gasteiger partial charge in [0.1, 0.15) is 0 Å². The van der Waals surface area contributed by atoms with Crippen molar-refractivity contribution in [2.24, 2.45) is 0 Å². The van der Waals surface area contributed by atoms with Crippen molar-refractivity contribution < 1.29 is 13.5 Å². The van der Waals surface area contributed by atoms with Gasteiger partial charge in [0.2, 0.25) is 0 Å². The highest BCUT2D eigenvalue weighted by Gasteiger charge is 1.87. The van der Waals surface area contributed by atoms with Crippen molar-refractivity contribution in [3.8, 4) is 0 Å². The summed E-state index contributed by atoms with van der Waals surface area (Å²) in [7, 11) is 0. The lowest BCUT2D eigenvalue weighted by molar-refractivity contribution is 0.133. The lowest BCUT2D eigenvalue weighted by Crippen LogP contribution is -2.18. The van der Waals surface area contributed by atoms with Gasteiger partial charge in [-0.25, -0.2) is 4.72 Å². The zero-order chi connectivity index (χ0) is 8.53. The van der Waals surface area contributed by atoms with E-state index in [2.05, 4.69) is 4.72 Å². The van der Waals surface area contributed by atoms with E-state index < -0.39 is 11.3 Å². The predicted molar refractivity (Wildman–Crippen MR) is 42.6 cm³/mol. The Balaban J connectivity index is 2.85. The zero-order valence-electron chi connectivity index (χ0n) is 6.67. The topological polar surface area (TPSA) is 61.4 Å². The zero-order valence-corrected chi connectivity index (χ0v) is 7.49. The summed E-state index contributed by atoms with van der Waals surface area (Å²) in [5.41, 5.74) is 0. The molecule has 0 aliphatic rings. The standard InChI is InChI=1S/C6H15NO3S/c1-2-5-10-6-3-4-7-11(8)9/h7H,2-6H2,1H3,(H,8,9)/p-1. The molecule has 1 N–H and O–H groups in total. The van der Waals surface area contributed by atoms with E-state index in [0.717, 1.165) is 19.4 Å². The number of hydrogen-bond donors (Lipinski definition) is 1. The quantitative estimate of drug-likeness (QED) is 0.449. The molecule has 0 fully saturated rings. The third-order valence-corrected chi connectivity index (χ3v) is 1.47. The van der Waals surface area contributed by atoms with Crippen LogP contribution in [0.2, 0.25) is 0 Å². The van der Waals surface area contributed by atoms with Gasteiger partial charge in [-0.15, -0.1) is 0 Å². The Morgan fingerprint density at radius 2 is 2.27 bits per heavy atom. The number of hydrogen-bond acceptors (Lipinski definition) is 3. The van der Waals surface area contributed by atoms with Gasteiger partial charge in [0, 0.05) is 31.0 Å². The smallest absolute Gasteiger partial charge is 0.0478 e. The molecule has 0 bridgehead atoms. The second kappa shape index (κ2) is 8.13. The first kappa shape index (κ1) is 11.0. The summed E-state index contributed by atoms with van der Waals surface area (Å²) in [4.78, 5) is 0. The number of rotatable bonds is 7. The van der Waals surface area contributed by atoms with Crippen molar-refractivity contribution in [2.45, 2.75) is 19.8 Å². The minimum atomic E-state index is -2.13. The van der Waals surface area contributed by atoms with Crippen LogP contribution >= 0.6 is 0 Å². The van der Waals surface area contributed by atoms with Gasteiger partial charge >= 0.3 is 0 Å². The Bertz CT molecular complexity index is 110. The molecular weight excluding hydrogens is 166 g/mol. The lowest BCUT2D eigenvalue weighted by Gasteiger charge is -2.06. The second-order valence-corrected chi connectivity index (χ2v) is 2.85. The van der Waals surface area contributed by atoms with Crippen molar-refractivity contribution in [1.29, 1.82) is 0 Å². The number of nitrogens with one attached hydrogen (secondary N) is 1. The van der Waals surface area contributed by atoms with Crippen LogP contribution in [-0.4, -0.2) is 28.5 Å². The minimum absolute atomic E-state index is 0.458. The van der Waals surface area contributed by atoms with Crippen LogP contribution in [0.4, 0.5) is 0 Å². The van der Waals surface area contributed by atoms with Crippen LogP contribution in [0, 0.1) is 0 Å². The predicted octanol–water partition coefficient (Wildman–Crippen LogP) is 0.187. The molecule has 0 aromatic heterocycles. The third kappa shape index (κ3) is 10.0. The maximum atomic E-state index is 9.94. The Morgan fingerprint density at radius 1 is 1.55 bits per heavy atom. The van der Waals surface area contributed by atoms with E-state index in [9.17, 15) is 8.76 Å². The molecule has 0 aromatic rings. The minimum Gasteiger partial charge on any atom is -0.760 e. The van der Waals surface area contributed by atoms with E-state index >= 15 is 0 Å². The van der Waals surface area contributed by atoms with Crippen LogP contribution in [0.25, 0.3) is 0 Å². The van der Waals surface area contributed by atoms with E-state index in [0.29, 0.717) is 13.2 Å². The summed E-state index contributed by atoms with van der Waals surface area (Å²) in [6, 6.07) is 0. The first-order chi connectivity index (χ1) is 5.27. The summed E-state index contributed by atoms with van der Waals surface area (Å²) in [5.74, 6) is 0. The first-order valence-corrected chi connectivity index (χ1v) is 4.75. The normalized spacial score (nSPS) is 13.3. The van der Waals surface area contributed by atoms with Gasteiger partial charge < -0.3 is 9.29 Å². The summed E-state index contributed by atoms with van der Waals surface area (Å²) in [5, 5.41) is 0. The molecule has 0 amide bonds. The molecule has 0 rings (SSSR count). The monoisotopic (exact) mass is 180 g/mol. The van der Waals surface area contributed by atoms with Gasteiger partial charge in [0.15, 0.2) is 0 Å². The number of ether oxygens (including phenoxy) is 1. The molecule has 4 nitrogen and oxygen atoms in total. The Hall–Kier alpha value is 0.0300. The fourth-order valence-electron chi connectivity index (χ4n) is 0.576. The van der Waals surface area contributed by atoms with E-state index in [1.807, 2.05) is 6.92 Å². The van der Waals surface area contributed by atoms with Gasteiger partial charge in [-0.05, 0) is 12.8 Å². The van der Waals surface area contributed by atoms with Crippen molar-refractivity contribution in [3.63, 3.8) is 0 Å². The van der Waals surface area contributed by atoms with Crippen LogP contribution in [0.1, 0.15) is 19.8 Å². The Kier molecular flexibility index (Phi) is 8.15. The maximum absolute atomic E-state index is 9.94. The van der Waals surface area contributed by atoms with Gasteiger partial charge in [-0.1, -0.05) is 6.92 Å². The molecule has 1 unspecified atom stereocenters. The molecular formula is C6H14NO3S-. The molecule has 0 spiro atoms. The molecule has 0 aromatic carbocycles. The Labute approximate surface area is 69.7 Å². The Morgan fingerprint density at radius 3 is 2.82 bits per heavy atom. The van der Waals surface area contributed by atoms with Gasteiger partial charge in [-0.3, -0.25) is 4.21 Å². The van der Waals surface area contributed by atoms with Crippen molar-refractivity contribution in [1.82, 2.24) is 4.72 Å². The second-order valence-electron chi connectivity index (χ2n) is 2.09.